The molecule has 1 heterocycles. The summed E-state index contributed by atoms with van der Waals surface area (Å²) in [5.74, 6) is 1.22. The largest absolute Gasteiger partial charge is 0.481 e. The van der Waals surface area contributed by atoms with Crippen LogP contribution in [0.25, 0.3) is 0 Å². The predicted octanol–water partition coefficient (Wildman–Crippen LogP) is 2.46. The van der Waals surface area contributed by atoms with Crippen LogP contribution >= 0.6 is 11.8 Å². The minimum atomic E-state index is -0.882. The molecule has 1 aliphatic heterocycles. The average molecular weight is 302 g/mol. The number of carboxylic acids is 1. The second-order valence-electron chi connectivity index (χ2n) is 6.59. The van der Waals surface area contributed by atoms with Crippen molar-refractivity contribution in [1.82, 2.24) is 10.6 Å². The van der Waals surface area contributed by atoms with Crippen LogP contribution in [0.4, 0.5) is 4.79 Å². The van der Waals surface area contributed by atoms with Crippen LogP contribution in [-0.2, 0) is 4.79 Å². The summed E-state index contributed by atoms with van der Waals surface area (Å²) in [6, 6.07) is -0.370. The summed E-state index contributed by atoms with van der Waals surface area (Å²) in [4.78, 5) is 22.9. The van der Waals surface area contributed by atoms with Gasteiger partial charge in [0, 0.05) is 17.8 Å². The van der Waals surface area contributed by atoms with Crippen molar-refractivity contribution in [3.63, 3.8) is 0 Å². The Morgan fingerprint density at radius 1 is 1.40 bits per heavy atom. The summed E-state index contributed by atoms with van der Waals surface area (Å²) in [6.07, 6.45) is 2.73. The summed E-state index contributed by atoms with van der Waals surface area (Å²) < 4.78 is 0. The molecule has 0 aliphatic carbocycles. The molecule has 0 aromatic rings. The molecule has 1 aliphatic rings. The van der Waals surface area contributed by atoms with Crippen molar-refractivity contribution in [2.45, 2.75) is 58.5 Å². The van der Waals surface area contributed by atoms with Gasteiger partial charge in [-0.2, -0.15) is 11.8 Å². The SMILES string of the molecule is CC(C)(C)CC(CC(=O)O)NC(=O)NC1CCCSC1. The molecule has 0 radical (unpaired) electrons. The summed E-state index contributed by atoms with van der Waals surface area (Å²) in [5.41, 5.74) is -0.0198. The number of hydrogen-bond donors (Lipinski definition) is 3. The van der Waals surface area contributed by atoms with Gasteiger partial charge in [0.05, 0.1) is 6.42 Å². The molecule has 0 spiro atoms. The number of carbonyl (C=O) groups excluding carboxylic acids is 1. The zero-order valence-corrected chi connectivity index (χ0v) is 13.4. The van der Waals surface area contributed by atoms with Gasteiger partial charge in [0.25, 0.3) is 0 Å². The topological polar surface area (TPSA) is 78.4 Å². The second-order valence-corrected chi connectivity index (χ2v) is 7.74. The average Bonchev–Trinajstić information content (AvgIpc) is 2.26. The Morgan fingerprint density at radius 3 is 2.60 bits per heavy atom. The molecule has 2 unspecified atom stereocenters. The summed E-state index contributed by atoms with van der Waals surface area (Å²) >= 11 is 1.85. The van der Waals surface area contributed by atoms with Crippen LogP contribution < -0.4 is 10.6 Å². The van der Waals surface area contributed by atoms with E-state index in [9.17, 15) is 9.59 Å². The molecule has 1 fully saturated rings. The lowest BCUT2D eigenvalue weighted by Crippen LogP contribution is -2.49. The number of thioether (sulfide) groups is 1. The lowest BCUT2D eigenvalue weighted by atomic mass is 9.87. The van der Waals surface area contributed by atoms with E-state index in [1.54, 1.807) is 0 Å². The third-order valence-electron chi connectivity index (χ3n) is 3.11. The minimum Gasteiger partial charge on any atom is -0.481 e. The van der Waals surface area contributed by atoms with Crippen molar-refractivity contribution in [2.24, 2.45) is 5.41 Å². The Morgan fingerprint density at radius 2 is 2.10 bits per heavy atom. The van der Waals surface area contributed by atoms with E-state index in [2.05, 4.69) is 10.6 Å². The van der Waals surface area contributed by atoms with Gasteiger partial charge in [-0.3, -0.25) is 4.79 Å². The standard InChI is InChI=1S/C14H26N2O3S/c1-14(2,3)8-11(7-12(17)18)16-13(19)15-10-5-4-6-20-9-10/h10-11H,4-9H2,1-3H3,(H,17,18)(H2,15,16,19). The fraction of sp³-hybridized carbons (Fsp3) is 0.857. The van der Waals surface area contributed by atoms with E-state index in [0.29, 0.717) is 6.42 Å². The Balaban J connectivity index is 2.45. The van der Waals surface area contributed by atoms with Crippen LogP contribution in [0.3, 0.4) is 0 Å². The van der Waals surface area contributed by atoms with Gasteiger partial charge in [-0.1, -0.05) is 20.8 Å². The van der Waals surface area contributed by atoms with Gasteiger partial charge in [0.15, 0.2) is 0 Å². The Kier molecular flexibility index (Phi) is 6.65. The zero-order chi connectivity index (χ0) is 15.2. The maximum atomic E-state index is 12.0. The van der Waals surface area contributed by atoms with Crippen molar-refractivity contribution in [3.8, 4) is 0 Å². The number of hydrogen-bond acceptors (Lipinski definition) is 3. The van der Waals surface area contributed by atoms with Crippen LogP contribution in [-0.4, -0.2) is 40.7 Å². The molecule has 3 N–H and O–H groups in total. The first kappa shape index (κ1) is 17.1. The summed E-state index contributed by atoms with van der Waals surface area (Å²) in [6.45, 7) is 6.12. The van der Waals surface area contributed by atoms with Gasteiger partial charge in [-0.25, -0.2) is 4.79 Å². The van der Waals surface area contributed by atoms with Crippen LogP contribution in [0, 0.1) is 5.41 Å². The highest BCUT2D eigenvalue weighted by Crippen LogP contribution is 2.22. The van der Waals surface area contributed by atoms with E-state index < -0.39 is 5.97 Å². The molecule has 0 saturated carbocycles. The van der Waals surface area contributed by atoms with E-state index in [0.717, 1.165) is 24.3 Å². The number of nitrogens with one attached hydrogen (secondary N) is 2. The Hall–Kier alpha value is -0.910. The second kappa shape index (κ2) is 7.76. The number of amides is 2. The van der Waals surface area contributed by atoms with Crippen molar-refractivity contribution >= 4 is 23.8 Å². The molecule has 2 amide bonds. The van der Waals surface area contributed by atoms with Gasteiger partial charge >= 0.3 is 12.0 Å². The van der Waals surface area contributed by atoms with E-state index in [1.807, 2.05) is 32.5 Å². The first-order valence-electron chi connectivity index (χ1n) is 7.13. The molecular weight excluding hydrogens is 276 g/mol. The van der Waals surface area contributed by atoms with Crippen molar-refractivity contribution in [2.75, 3.05) is 11.5 Å². The smallest absolute Gasteiger partial charge is 0.315 e. The zero-order valence-electron chi connectivity index (χ0n) is 12.6. The van der Waals surface area contributed by atoms with Gasteiger partial charge in [0.2, 0.25) is 0 Å². The van der Waals surface area contributed by atoms with Gasteiger partial charge in [-0.05, 0) is 30.4 Å². The van der Waals surface area contributed by atoms with Crippen molar-refractivity contribution in [1.29, 1.82) is 0 Å². The highest BCUT2D eigenvalue weighted by molar-refractivity contribution is 7.99. The highest BCUT2D eigenvalue weighted by atomic mass is 32.2. The van der Waals surface area contributed by atoms with Crippen molar-refractivity contribution in [3.05, 3.63) is 0 Å². The van der Waals surface area contributed by atoms with Crippen LogP contribution in [0.2, 0.25) is 0 Å². The third kappa shape index (κ3) is 7.62. The number of urea groups is 1. The fourth-order valence-corrected chi connectivity index (χ4v) is 3.46. The van der Waals surface area contributed by atoms with Gasteiger partial charge in [0.1, 0.15) is 0 Å². The molecule has 6 heteroatoms. The number of rotatable bonds is 5. The molecule has 1 rings (SSSR count). The Labute approximate surface area is 125 Å². The molecule has 2 atom stereocenters. The minimum absolute atomic E-state index is 0.0198. The molecule has 116 valence electrons. The monoisotopic (exact) mass is 302 g/mol. The van der Waals surface area contributed by atoms with E-state index in [-0.39, 0.29) is 30.0 Å². The molecule has 0 aromatic heterocycles. The van der Waals surface area contributed by atoms with Gasteiger partial charge in [-0.15, -0.1) is 0 Å². The van der Waals surface area contributed by atoms with Crippen LogP contribution in [0.5, 0.6) is 0 Å². The number of carbonyl (C=O) groups is 2. The fourth-order valence-electron chi connectivity index (χ4n) is 2.39. The quantitative estimate of drug-likeness (QED) is 0.729. The predicted molar refractivity (Wildman–Crippen MR) is 82.1 cm³/mol. The van der Waals surface area contributed by atoms with Crippen molar-refractivity contribution < 1.29 is 14.7 Å². The normalized spacial score (nSPS) is 21.1. The first-order valence-corrected chi connectivity index (χ1v) is 8.28. The van der Waals surface area contributed by atoms with E-state index in [1.165, 1.54) is 0 Å². The molecular formula is C14H26N2O3S. The van der Waals surface area contributed by atoms with E-state index in [4.69, 9.17) is 5.11 Å². The number of carboxylic acid groups (broad SMARTS) is 1. The molecule has 5 nitrogen and oxygen atoms in total. The highest BCUT2D eigenvalue weighted by Gasteiger charge is 2.24. The lowest BCUT2D eigenvalue weighted by Gasteiger charge is -2.28. The van der Waals surface area contributed by atoms with Crippen LogP contribution in [0.1, 0.15) is 46.5 Å². The molecule has 0 bridgehead atoms. The summed E-state index contributed by atoms with van der Waals surface area (Å²) in [7, 11) is 0. The molecule has 1 saturated heterocycles. The van der Waals surface area contributed by atoms with Crippen LogP contribution in [0.15, 0.2) is 0 Å². The van der Waals surface area contributed by atoms with Gasteiger partial charge < -0.3 is 15.7 Å². The first-order chi connectivity index (χ1) is 9.26. The maximum Gasteiger partial charge on any atom is 0.315 e. The third-order valence-corrected chi connectivity index (χ3v) is 4.33. The Bertz CT molecular complexity index is 336. The number of aliphatic carboxylic acids is 1. The maximum absolute atomic E-state index is 12.0. The molecule has 0 aromatic carbocycles. The lowest BCUT2D eigenvalue weighted by molar-refractivity contribution is -0.137. The summed E-state index contributed by atoms with van der Waals surface area (Å²) in [5, 5.41) is 14.7. The molecule has 20 heavy (non-hydrogen) atoms. The van der Waals surface area contributed by atoms with E-state index >= 15 is 0 Å².